The van der Waals surface area contributed by atoms with Crippen LogP contribution in [0, 0.1) is 0 Å². The van der Waals surface area contributed by atoms with Crippen molar-refractivity contribution in [3.8, 4) is 5.88 Å². The molecule has 94 valence electrons. The highest BCUT2D eigenvalue weighted by Crippen LogP contribution is 2.12. The maximum Gasteiger partial charge on any atom is 0.338 e. The fourth-order valence-electron chi connectivity index (χ4n) is 1.44. The topological polar surface area (TPSA) is 48.4 Å². The number of pyridine rings is 1. The van der Waals surface area contributed by atoms with Crippen LogP contribution in [0.2, 0.25) is 0 Å². The van der Waals surface area contributed by atoms with Crippen LogP contribution in [0.5, 0.6) is 5.88 Å². The van der Waals surface area contributed by atoms with Gasteiger partial charge >= 0.3 is 5.97 Å². The van der Waals surface area contributed by atoms with E-state index in [0.29, 0.717) is 18.1 Å². The second-order valence-electron chi connectivity index (χ2n) is 3.55. The van der Waals surface area contributed by atoms with Crippen LogP contribution in [0.4, 0.5) is 0 Å². The van der Waals surface area contributed by atoms with Crippen molar-refractivity contribution in [3.05, 3.63) is 46.3 Å². The molecule has 0 bridgehead atoms. The van der Waals surface area contributed by atoms with E-state index in [0.717, 1.165) is 6.42 Å². The van der Waals surface area contributed by atoms with Gasteiger partial charge in [0.05, 0.1) is 19.3 Å². The summed E-state index contributed by atoms with van der Waals surface area (Å²) in [6.07, 6.45) is 2.37. The van der Waals surface area contributed by atoms with Crippen LogP contribution in [-0.2, 0) is 11.2 Å². The van der Waals surface area contributed by atoms with Crippen molar-refractivity contribution >= 4 is 17.3 Å². The van der Waals surface area contributed by atoms with Crippen LogP contribution in [-0.4, -0.2) is 24.7 Å². The molecule has 0 radical (unpaired) electrons. The molecular weight excluding hydrogens is 250 g/mol. The molecule has 0 fully saturated rings. The summed E-state index contributed by atoms with van der Waals surface area (Å²) in [7, 11) is 1.35. The number of rotatable bonds is 5. The van der Waals surface area contributed by atoms with Gasteiger partial charge in [0.25, 0.3) is 0 Å². The molecule has 0 aliphatic carbocycles. The predicted molar refractivity (Wildman–Crippen MR) is 69.1 cm³/mol. The SMILES string of the molecule is COC(=O)c1ccnc(OCCc2cccs2)c1. The van der Waals surface area contributed by atoms with Crippen molar-refractivity contribution < 1.29 is 14.3 Å². The van der Waals surface area contributed by atoms with Gasteiger partial charge in [-0.1, -0.05) is 6.07 Å². The lowest BCUT2D eigenvalue weighted by atomic mass is 10.3. The number of hydrogen-bond donors (Lipinski definition) is 0. The Kier molecular flexibility index (Phi) is 4.30. The fourth-order valence-corrected chi connectivity index (χ4v) is 2.13. The van der Waals surface area contributed by atoms with Crippen LogP contribution < -0.4 is 4.74 Å². The normalized spacial score (nSPS) is 10.1. The summed E-state index contributed by atoms with van der Waals surface area (Å²) in [4.78, 5) is 16.6. The molecule has 2 aromatic rings. The Balaban J connectivity index is 1.91. The zero-order chi connectivity index (χ0) is 12.8. The molecule has 0 amide bonds. The van der Waals surface area contributed by atoms with E-state index in [-0.39, 0.29) is 5.97 Å². The van der Waals surface area contributed by atoms with E-state index < -0.39 is 0 Å². The van der Waals surface area contributed by atoms with Crippen molar-refractivity contribution in [1.29, 1.82) is 0 Å². The average molecular weight is 263 g/mol. The summed E-state index contributed by atoms with van der Waals surface area (Å²) < 4.78 is 10.1. The fraction of sp³-hybridized carbons (Fsp3) is 0.231. The molecule has 2 rings (SSSR count). The number of esters is 1. The van der Waals surface area contributed by atoms with Crippen LogP contribution >= 0.6 is 11.3 Å². The van der Waals surface area contributed by atoms with Gasteiger partial charge in [0.1, 0.15) is 0 Å². The second kappa shape index (κ2) is 6.16. The number of methoxy groups -OCH3 is 1. The second-order valence-corrected chi connectivity index (χ2v) is 4.58. The summed E-state index contributed by atoms with van der Waals surface area (Å²) in [5, 5.41) is 2.03. The summed E-state index contributed by atoms with van der Waals surface area (Å²) in [5.41, 5.74) is 0.443. The van der Waals surface area contributed by atoms with Crippen molar-refractivity contribution in [2.45, 2.75) is 6.42 Å². The highest BCUT2D eigenvalue weighted by Gasteiger charge is 2.07. The van der Waals surface area contributed by atoms with Gasteiger partial charge in [-0.25, -0.2) is 9.78 Å². The van der Waals surface area contributed by atoms with E-state index in [1.165, 1.54) is 18.2 Å². The van der Waals surface area contributed by atoms with Gasteiger partial charge in [-0.05, 0) is 17.5 Å². The van der Waals surface area contributed by atoms with E-state index in [1.54, 1.807) is 23.5 Å². The molecular formula is C13H13NO3S. The summed E-state index contributed by atoms with van der Waals surface area (Å²) >= 11 is 1.70. The molecule has 2 heterocycles. The molecule has 2 aromatic heterocycles. The lowest BCUT2D eigenvalue weighted by Crippen LogP contribution is -2.05. The third-order valence-electron chi connectivity index (χ3n) is 2.33. The summed E-state index contributed by atoms with van der Waals surface area (Å²) in [6.45, 7) is 0.540. The summed E-state index contributed by atoms with van der Waals surface area (Å²) in [5.74, 6) is 0.0509. The standard InChI is InChI=1S/C13H13NO3S/c1-16-13(15)10-4-6-14-12(9-10)17-7-5-11-3-2-8-18-11/h2-4,6,8-9H,5,7H2,1H3. The molecule has 0 aliphatic heterocycles. The van der Waals surface area contributed by atoms with Crippen LogP contribution in [0.15, 0.2) is 35.8 Å². The Morgan fingerprint density at radius 1 is 1.44 bits per heavy atom. The first-order valence-electron chi connectivity index (χ1n) is 5.49. The van der Waals surface area contributed by atoms with Gasteiger partial charge in [-0.2, -0.15) is 0 Å². The number of ether oxygens (including phenoxy) is 2. The molecule has 0 atom stereocenters. The molecule has 0 aromatic carbocycles. The molecule has 0 saturated heterocycles. The number of nitrogens with zero attached hydrogens (tertiary/aromatic N) is 1. The van der Waals surface area contributed by atoms with Gasteiger partial charge in [-0.15, -0.1) is 11.3 Å². The Bertz CT molecular complexity index is 511. The molecule has 5 heteroatoms. The molecule has 0 spiro atoms. The van der Waals surface area contributed by atoms with Gasteiger partial charge < -0.3 is 9.47 Å². The van der Waals surface area contributed by atoms with E-state index in [9.17, 15) is 4.79 Å². The maximum atomic E-state index is 11.3. The largest absolute Gasteiger partial charge is 0.477 e. The van der Waals surface area contributed by atoms with Crippen molar-refractivity contribution in [3.63, 3.8) is 0 Å². The molecule has 0 aliphatic rings. The molecule has 0 N–H and O–H groups in total. The Hall–Kier alpha value is -1.88. The van der Waals surface area contributed by atoms with E-state index in [1.807, 2.05) is 11.4 Å². The minimum absolute atomic E-state index is 0.388. The van der Waals surface area contributed by atoms with Gasteiger partial charge in [0.15, 0.2) is 0 Å². The number of aromatic nitrogens is 1. The first-order chi connectivity index (χ1) is 8.79. The minimum atomic E-state index is -0.388. The Morgan fingerprint density at radius 2 is 2.33 bits per heavy atom. The molecule has 0 unspecified atom stereocenters. The maximum absolute atomic E-state index is 11.3. The Labute approximate surface area is 109 Å². The molecule has 4 nitrogen and oxygen atoms in total. The van der Waals surface area contributed by atoms with E-state index >= 15 is 0 Å². The third-order valence-corrected chi connectivity index (χ3v) is 3.27. The van der Waals surface area contributed by atoms with Crippen molar-refractivity contribution in [2.24, 2.45) is 0 Å². The number of carbonyl (C=O) groups excluding carboxylic acids is 1. The smallest absolute Gasteiger partial charge is 0.338 e. The number of thiophene rings is 1. The number of carbonyl (C=O) groups is 1. The minimum Gasteiger partial charge on any atom is -0.477 e. The zero-order valence-corrected chi connectivity index (χ0v) is 10.8. The monoisotopic (exact) mass is 263 g/mol. The van der Waals surface area contributed by atoms with Gasteiger partial charge in [0, 0.05) is 23.6 Å². The molecule has 18 heavy (non-hydrogen) atoms. The van der Waals surface area contributed by atoms with Crippen LogP contribution in [0.1, 0.15) is 15.2 Å². The predicted octanol–water partition coefficient (Wildman–Crippen LogP) is 2.55. The van der Waals surface area contributed by atoms with E-state index in [4.69, 9.17) is 4.74 Å². The quantitative estimate of drug-likeness (QED) is 0.778. The van der Waals surface area contributed by atoms with Crippen molar-refractivity contribution in [2.75, 3.05) is 13.7 Å². The average Bonchev–Trinajstić information content (AvgIpc) is 2.91. The van der Waals surface area contributed by atoms with Crippen LogP contribution in [0.3, 0.4) is 0 Å². The third kappa shape index (κ3) is 3.30. The lowest BCUT2D eigenvalue weighted by Gasteiger charge is -2.05. The Morgan fingerprint density at radius 3 is 3.06 bits per heavy atom. The first-order valence-corrected chi connectivity index (χ1v) is 6.37. The van der Waals surface area contributed by atoms with E-state index in [2.05, 4.69) is 15.8 Å². The summed E-state index contributed by atoms with van der Waals surface area (Å²) in [6, 6.07) is 7.25. The van der Waals surface area contributed by atoms with Crippen molar-refractivity contribution in [1.82, 2.24) is 4.98 Å². The highest BCUT2D eigenvalue weighted by molar-refractivity contribution is 7.09. The molecule has 0 saturated carbocycles. The zero-order valence-electron chi connectivity index (χ0n) is 9.96. The highest BCUT2D eigenvalue weighted by atomic mass is 32.1. The van der Waals surface area contributed by atoms with Gasteiger partial charge in [-0.3, -0.25) is 0 Å². The number of hydrogen-bond acceptors (Lipinski definition) is 5. The lowest BCUT2D eigenvalue weighted by molar-refractivity contribution is 0.0600. The first kappa shape index (κ1) is 12.6. The van der Waals surface area contributed by atoms with Gasteiger partial charge in [0.2, 0.25) is 5.88 Å². The van der Waals surface area contributed by atoms with Crippen LogP contribution in [0.25, 0.3) is 0 Å².